The Morgan fingerprint density at radius 1 is 1.31 bits per heavy atom. The van der Waals surface area contributed by atoms with E-state index >= 15 is 0 Å². The first-order chi connectivity index (χ1) is 7.65. The number of hydrogen-bond donors (Lipinski definition) is 0. The Labute approximate surface area is 94.7 Å². The van der Waals surface area contributed by atoms with Crippen LogP contribution in [0.15, 0.2) is 22.8 Å². The SMILES string of the molecule is Cc1c(C=O)c(C)n(Cc2ccco2)c1C. The zero-order chi connectivity index (χ0) is 11.7. The van der Waals surface area contributed by atoms with Gasteiger partial charge in [-0.25, -0.2) is 0 Å². The normalized spacial score (nSPS) is 10.7. The highest BCUT2D eigenvalue weighted by atomic mass is 16.3. The number of nitrogens with zero attached hydrogens (tertiary/aromatic N) is 1. The summed E-state index contributed by atoms with van der Waals surface area (Å²) >= 11 is 0. The summed E-state index contributed by atoms with van der Waals surface area (Å²) in [5.74, 6) is 0.902. The van der Waals surface area contributed by atoms with Gasteiger partial charge in [0.05, 0.1) is 12.8 Å². The molecule has 0 amide bonds. The molecule has 3 nitrogen and oxygen atoms in total. The maximum atomic E-state index is 11.0. The molecule has 0 aliphatic carbocycles. The standard InChI is InChI=1S/C13H15NO2/c1-9-10(2)14(11(3)13(9)8-15)7-12-5-4-6-16-12/h4-6,8H,7H2,1-3H3. The number of furan rings is 1. The average molecular weight is 217 g/mol. The molecule has 2 aromatic heterocycles. The summed E-state index contributed by atoms with van der Waals surface area (Å²) in [6.45, 7) is 6.65. The lowest BCUT2D eigenvalue weighted by molar-refractivity contribution is 0.112. The summed E-state index contributed by atoms with van der Waals surface area (Å²) in [4.78, 5) is 11.0. The van der Waals surface area contributed by atoms with Crippen LogP contribution in [0.25, 0.3) is 0 Å². The van der Waals surface area contributed by atoms with Gasteiger partial charge < -0.3 is 8.98 Å². The molecule has 0 aromatic carbocycles. The summed E-state index contributed by atoms with van der Waals surface area (Å²) in [6.07, 6.45) is 2.59. The monoisotopic (exact) mass is 217 g/mol. The van der Waals surface area contributed by atoms with Gasteiger partial charge in [0.25, 0.3) is 0 Å². The van der Waals surface area contributed by atoms with Crippen LogP contribution in [0.1, 0.15) is 33.1 Å². The summed E-state index contributed by atoms with van der Waals surface area (Å²) in [6, 6.07) is 3.81. The Morgan fingerprint density at radius 3 is 2.56 bits per heavy atom. The van der Waals surface area contributed by atoms with Crippen molar-refractivity contribution in [3.05, 3.63) is 46.7 Å². The maximum Gasteiger partial charge on any atom is 0.152 e. The molecule has 0 bridgehead atoms. The van der Waals surface area contributed by atoms with E-state index in [1.54, 1.807) is 6.26 Å². The number of aromatic nitrogens is 1. The Balaban J connectivity index is 2.45. The van der Waals surface area contributed by atoms with E-state index in [1.807, 2.05) is 32.9 Å². The molecule has 3 heteroatoms. The van der Waals surface area contributed by atoms with Crippen molar-refractivity contribution in [3.8, 4) is 0 Å². The largest absolute Gasteiger partial charge is 0.467 e. The van der Waals surface area contributed by atoms with Crippen molar-refractivity contribution >= 4 is 6.29 Å². The van der Waals surface area contributed by atoms with Gasteiger partial charge in [-0.3, -0.25) is 4.79 Å². The van der Waals surface area contributed by atoms with Crippen LogP contribution in [0.2, 0.25) is 0 Å². The molecular formula is C13H15NO2. The number of hydrogen-bond acceptors (Lipinski definition) is 2. The van der Waals surface area contributed by atoms with Gasteiger partial charge in [-0.1, -0.05) is 0 Å². The van der Waals surface area contributed by atoms with E-state index in [-0.39, 0.29) is 0 Å². The van der Waals surface area contributed by atoms with Crippen LogP contribution in [0.4, 0.5) is 0 Å². The number of aldehydes is 1. The van der Waals surface area contributed by atoms with Crippen LogP contribution in [-0.2, 0) is 6.54 Å². The van der Waals surface area contributed by atoms with E-state index in [0.717, 1.165) is 34.6 Å². The van der Waals surface area contributed by atoms with Crippen molar-refractivity contribution in [2.45, 2.75) is 27.3 Å². The zero-order valence-electron chi connectivity index (χ0n) is 9.78. The molecule has 2 rings (SSSR count). The molecule has 0 fully saturated rings. The molecular weight excluding hydrogens is 202 g/mol. The van der Waals surface area contributed by atoms with Crippen molar-refractivity contribution in [1.29, 1.82) is 0 Å². The van der Waals surface area contributed by atoms with E-state index < -0.39 is 0 Å². The fourth-order valence-electron chi connectivity index (χ4n) is 2.03. The summed E-state index contributed by atoms with van der Waals surface area (Å²) in [7, 11) is 0. The number of carbonyl (C=O) groups is 1. The predicted molar refractivity (Wildman–Crippen MR) is 61.8 cm³/mol. The first-order valence-electron chi connectivity index (χ1n) is 5.29. The van der Waals surface area contributed by atoms with Crippen LogP contribution in [0.5, 0.6) is 0 Å². The van der Waals surface area contributed by atoms with Crippen LogP contribution < -0.4 is 0 Å². The van der Waals surface area contributed by atoms with Gasteiger partial charge in [0.1, 0.15) is 5.76 Å². The van der Waals surface area contributed by atoms with Gasteiger partial charge in [0, 0.05) is 17.0 Å². The van der Waals surface area contributed by atoms with E-state index in [1.165, 1.54) is 0 Å². The second-order valence-electron chi connectivity index (χ2n) is 3.99. The highest BCUT2D eigenvalue weighted by Crippen LogP contribution is 2.21. The first-order valence-corrected chi connectivity index (χ1v) is 5.29. The molecule has 0 radical (unpaired) electrons. The van der Waals surface area contributed by atoms with Gasteiger partial charge >= 0.3 is 0 Å². The predicted octanol–water partition coefficient (Wildman–Crippen LogP) is 2.87. The molecule has 84 valence electrons. The third kappa shape index (κ3) is 1.58. The molecule has 0 N–H and O–H groups in total. The van der Waals surface area contributed by atoms with Crippen molar-refractivity contribution in [1.82, 2.24) is 4.57 Å². The average Bonchev–Trinajstić information content (AvgIpc) is 2.83. The molecule has 0 spiro atoms. The van der Waals surface area contributed by atoms with Crippen molar-refractivity contribution in [2.24, 2.45) is 0 Å². The van der Waals surface area contributed by atoms with Crippen LogP contribution in [-0.4, -0.2) is 10.9 Å². The van der Waals surface area contributed by atoms with Crippen molar-refractivity contribution < 1.29 is 9.21 Å². The van der Waals surface area contributed by atoms with Crippen molar-refractivity contribution in [2.75, 3.05) is 0 Å². The maximum absolute atomic E-state index is 11.0. The Bertz CT molecular complexity index is 507. The van der Waals surface area contributed by atoms with E-state index in [9.17, 15) is 4.79 Å². The third-order valence-electron chi connectivity index (χ3n) is 3.16. The second-order valence-corrected chi connectivity index (χ2v) is 3.99. The smallest absolute Gasteiger partial charge is 0.152 e. The number of carbonyl (C=O) groups excluding carboxylic acids is 1. The Kier molecular flexibility index (Phi) is 2.69. The number of rotatable bonds is 3. The quantitative estimate of drug-likeness (QED) is 0.741. The minimum Gasteiger partial charge on any atom is -0.467 e. The van der Waals surface area contributed by atoms with Gasteiger partial charge in [0.2, 0.25) is 0 Å². The minimum atomic E-state index is 0.680. The fourth-order valence-corrected chi connectivity index (χ4v) is 2.03. The van der Waals surface area contributed by atoms with Crippen LogP contribution >= 0.6 is 0 Å². The highest BCUT2D eigenvalue weighted by Gasteiger charge is 2.14. The van der Waals surface area contributed by atoms with E-state index in [0.29, 0.717) is 6.54 Å². The summed E-state index contributed by atoms with van der Waals surface area (Å²) in [5.41, 5.74) is 3.97. The zero-order valence-corrected chi connectivity index (χ0v) is 9.78. The third-order valence-corrected chi connectivity index (χ3v) is 3.16. The van der Waals surface area contributed by atoms with Crippen LogP contribution in [0.3, 0.4) is 0 Å². The molecule has 0 atom stereocenters. The lowest BCUT2D eigenvalue weighted by atomic mass is 10.1. The molecule has 0 saturated carbocycles. The van der Waals surface area contributed by atoms with E-state index in [2.05, 4.69) is 4.57 Å². The summed E-state index contributed by atoms with van der Waals surface area (Å²) in [5, 5.41) is 0. The first kappa shape index (κ1) is 10.7. The molecule has 0 aliphatic heterocycles. The van der Waals surface area contributed by atoms with E-state index in [4.69, 9.17) is 4.42 Å². The fraction of sp³-hybridized carbons (Fsp3) is 0.308. The molecule has 2 aromatic rings. The molecule has 0 saturated heterocycles. The van der Waals surface area contributed by atoms with Gasteiger partial charge in [-0.15, -0.1) is 0 Å². The second kappa shape index (κ2) is 4.00. The highest BCUT2D eigenvalue weighted by molar-refractivity contribution is 5.79. The van der Waals surface area contributed by atoms with Gasteiger partial charge in [0.15, 0.2) is 6.29 Å². The Morgan fingerprint density at radius 2 is 2.06 bits per heavy atom. The molecule has 16 heavy (non-hydrogen) atoms. The molecule has 0 unspecified atom stereocenters. The molecule has 0 aliphatic rings. The van der Waals surface area contributed by atoms with Gasteiger partial charge in [-0.2, -0.15) is 0 Å². The minimum absolute atomic E-state index is 0.680. The summed E-state index contributed by atoms with van der Waals surface area (Å²) < 4.78 is 7.43. The molecule has 2 heterocycles. The van der Waals surface area contributed by atoms with Crippen LogP contribution in [0, 0.1) is 20.8 Å². The lowest BCUT2D eigenvalue weighted by Gasteiger charge is -2.07. The van der Waals surface area contributed by atoms with Gasteiger partial charge in [-0.05, 0) is 38.5 Å². The van der Waals surface area contributed by atoms with Crippen molar-refractivity contribution in [3.63, 3.8) is 0 Å². The lowest BCUT2D eigenvalue weighted by Crippen LogP contribution is -2.03. The Hall–Kier alpha value is -1.77. The topological polar surface area (TPSA) is 35.1 Å².